The molecule has 0 spiro atoms. The van der Waals surface area contributed by atoms with Crippen LogP contribution in [0.2, 0.25) is 0 Å². The molecule has 0 N–H and O–H groups in total. The van der Waals surface area contributed by atoms with E-state index in [1.165, 1.54) is 6.07 Å². The summed E-state index contributed by atoms with van der Waals surface area (Å²) in [7, 11) is -1.94. The summed E-state index contributed by atoms with van der Waals surface area (Å²) < 4.78 is 177. The van der Waals surface area contributed by atoms with E-state index in [0.29, 0.717) is 46.5 Å². The van der Waals surface area contributed by atoms with Crippen LogP contribution in [0.3, 0.4) is 0 Å². The van der Waals surface area contributed by atoms with E-state index in [2.05, 4.69) is 0 Å². The van der Waals surface area contributed by atoms with Gasteiger partial charge in [0, 0.05) is 5.30 Å². The van der Waals surface area contributed by atoms with Crippen LogP contribution in [-0.2, 0) is 24.7 Å². The van der Waals surface area contributed by atoms with E-state index in [9.17, 15) is 52.7 Å². The fraction of sp³-hybridized carbons (Fsp3) is 0.385. The predicted molar refractivity (Wildman–Crippen MR) is 184 cm³/mol. The molecule has 4 rings (SSSR count). The van der Waals surface area contributed by atoms with Crippen LogP contribution in [0.4, 0.5) is 52.7 Å². The van der Waals surface area contributed by atoms with Crippen molar-refractivity contribution < 1.29 is 57.4 Å². The molecule has 0 bridgehead atoms. The van der Waals surface area contributed by atoms with Gasteiger partial charge in [0.05, 0.1) is 29.4 Å². The van der Waals surface area contributed by atoms with Crippen LogP contribution >= 0.6 is 7.92 Å². The summed E-state index contributed by atoms with van der Waals surface area (Å²) in [5.41, 5.74) is -3.60. The SMILES string of the molecule is COc1ccc(C)c(-c2c(C(C)C)cc(C(C)C)cc2C(C)C)c1P(c1cc(C(F)(F)F)cc(C(F)(F)F)c1)c1cc(C(F)(F)F)cc(C(F)(F)F)c1. The molecular formula is C39H37F12OP. The molecule has 0 radical (unpaired) electrons. The maximum Gasteiger partial charge on any atom is 0.416 e. The van der Waals surface area contributed by atoms with Crippen LogP contribution in [0.5, 0.6) is 5.75 Å². The fourth-order valence-corrected chi connectivity index (χ4v) is 8.95. The highest BCUT2D eigenvalue weighted by molar-refractivity contribution is 7.80. The lowest BCUT2D eigenvalue weighted by molar-refractivity contribution is -0.144. The Kier molecular flexibility index (Phi) is 11.8. The summed E-state index contributed by atoms with van der Waals surface area (Å²) >= 11 is 0. The van der Waals surface area contributed by atoms with Crippen molar-refractivity contribution in [2.75, 3.05) is 7.11 Å². The third kappa shape index (κ3) is 8.98. The molecule has 0 heterocycles. The van der Waals surface area contributed by atoms with E-state index in [-0.39, 0.29) is 46.5 Å². The van der Waals surface area contributed by atoms with Gasteiger partial charge in [0.15, 0.2) is 0 Å². The molecule has 0 saturated carbocycles. The number of hydrogen-bond acceptors (Lipinski definition) is 1. The largest absolute Gasteiger partial charge is 0.496 e. The molecule has 288 valence electrons. The van der Waals surface area contributed by atoms with Crippen LogP contribution in [0.25, 0.3) is 11.1 Å². The highest BCUT2D eigenvalue weighted by Crippen LogP contribution is 2.49. The Morgan fingerprint density at radius 3 is 1.13 bits per heavy atom. The normalized spacial score (nSPS) is 13.2. The van der Waals surface area contributed by atoms with Crippen molar-refractivity contribution in [1.82, 2.24) is 0 Å². The quantitative estimate of drug-likeness (QED) is 0.128. The predicted octanol–water partition coefficient (Wildman–Crippen LogP) is 12.9. The minimum absolute atomic E-state index is 0.0267. The average Bonchev–Trinajstić information content (AvgIpc) is 3.02. The Balaban J connectivity index is 2.39. The number of halogens is 12. The standard InChI is InChI=1S/C39H37F12OP/c1-19(2)23-11-30(20(3)4)34(31(12-23)21(5)6)33-22(7)9-10-32(52-8)35(33)53(28-15-24(36(40,41)42)13-25(16-28)37(43,44)45)29-17-26(38(46,47)48)14-27(18-29)39(49,50)51/h9-21H,1-8H3. The lowest BCUT2D eigenvalue weighted by atomic mass is 9.80. The Bertz CT molecular complexity index is 1800. The van der Waals surface area contributed by atoms with Crippen LogP contribution in [0.1, 0.15) is 104 Å². The lowest BCUT2D eigenvalue weighted by Gasteiger charge is -2.31. The molecule has 0 aromatic heterocycles. The van der Waals surface area contributed by atoms with E-state index < -0.39 is 65.5 Å². The van der Waals surface area contributed by atoms with Crippen LogP contribution < -0.4 is 20.7 Å². The average molecular weight is 781 g/mol. The monoisotopic (exact) mass is 780 g/mol. The van der Waals surface area contributed by atoms with Crippen molar-refractivity contribution >= 4 is 23.8 Å². The van der Waals surface area contributed by atoms with Crippen molar-refractivity contribution in [2.24, 2.45) is 0 Å². The highest BCUT2D eigenvalue weighted by atomic mass is 31.1. The van der Waals surface area contributed by atoms with E-state index in [1.807, 2.05) is 53.7 Å². The second kappa shape index (κ2) is 14.8. The number of alkyl halides is 12. The van der Waals surface area contributed by atoms with Gasteiger partial charge >= 0.3 is 24.7 Å². The zero-order chi connectivity index (χ0) is 40.2. The van der Waals surface area contributed by atoms with Gasteiger partial charge in [0.2, 0.25) is 0 Å². The molecular weight excluding hydrogens is 743 g/mol. The number of aryl methyl sites for hydroxylation is 1. The molecule has 0 unspecified atom stereocenters. The summed E-state index contributed by atoms with van der Waals surface area (Å²) in [6, 6.07) is 7.91. The van der Waals surface area contributed by atoms with Crippen molar-refractivity contribution in [2.45, 2.75) is 90.9 Å². The highest BCUT2D eigenvalue weighted by Gasteiger charge is 2.42. The third-order valence-corrected chi connectivity index (χ3v) is 11.3. The van der Waals surface area contributed by atoms with E-state index in [1.54, 1.807) is 13.0 Å². The Morgan fingerprint density at radius 1 is 0.491 bits per heavy atom. The first-order valence-corrected chi connectivity index (χ1v) is 17.8. The molecule has 0 aliphatic rings. The van der Waals surface area contributed by atoms with Crippen LogP contribution in [0, 0.1) is 6.92 Å². The summed E-state index contributed by atoms with van der Waals surface area (Å²) in [5.74, 6) is -0.590. The lowest BCUT2D eigenvalue weighted by Crippen LogP contribution is -2.28. The van der Waals surface area contributed by atoms with Gasteiger partial charge in [-0.15, -0.1) is 0 Å². The number of hydrogen-bond donors (Lipinski definition) is 0. The Morgan fingerprint density at radius 2 is 0.849 bits per heavy atom. The van der Waals surface area contributed by atoms with Gasteiger partial charge in [0.25, 0.3) is 0 Å². The van der Waals surface area contributed by atoms with Crippen molar-refractivity contribution in [3.63, 3.8) is 0 Å². The molecule has 0 aliphatic carbocycles. The maximum absolute atomic E-state index is 14.3. The first kappa shape index (κ1) is 42.0. The van der Waals surface area contributed by atoms with Gasteiger partial charge in [-0.2, -0.15) is 52.7 Å². The minimum Gasteiger partial charge on any atom is -0.496 e. The van der Waals surface area contributed by atoms with Crippen molar-refractivity contribution in [1.29, 1.82) is 0 Å². The fourth-order valence-electron chi connectivity index (χ4n) is 6.16. The third-order valence-electron chi connectivity index (χ3n) is 8.84. The zero-order valence-electron chi connectivity index (χ0n) is 29.9. The molecule has 0 amide bonds. The Labute approximate surface area is 301 Å². The summed E-state index contributed by atoms with van der Waals surface area (Å²) in [4.78, 5) is 0. The van der Waals surface area contributed by atoms with Gasteiger partial charge in [-0.05, 0) is 119 Å². The zero-order valence-corrected chi connectivity index (χ0v) is 30.8. The van der Waals surface area contributed by atoms with Gasteiger partial charge in [-0.25, -0.2) is 0 Å². The minimum atomic E-state index is -5.37. The van der Waals surface area contributed by atoms with Crippen molar-refractivity contribution in [3.8, 4) is 16.9 Å². The second-order valence-corrected chi connectivity index (χ2v) is 15.9. The van der Waals surface area contributed by atoms with Gasteiger partial charge in [0.1, 0.15) is 5.75 Å². The smallest absolute Gasteiger partial charge is 0.416 e. The number of benzene rings is 4. The van der Waals surface area contributed by atoms with Crippen molar-refractivity contribution in [3.05, 3.63) is 105 Å². The molecule has 0 aliphatic heterocycles. The maximum atomic E-state index is 14.3. The van der Waals surface area contributed by atoms with E-state index in [4.69, 9.17) is 4.74 Å². The first-order chi connectivity index (χ1) is 24.2. The molecule has 0 fully saturated rings. The number of rotatable bonds is 8. The summed E-state index contributed by atoms with van der Waals surface area (Å²) in [6.45, 7) is 13.0. The number of methoxy groups -OCH3 is 1. The topological polar surface area (TPSA) is 9.23 Å². The molecule has 0 atom stereocenters. The second-order valence-electron chi connectivity index (χ2n) is 13.7. The van der Waals surface area contributed by atoms with Gasteiger partial charge < -0.3 is 4.74 Å². The van der Waals surface area contributed by atoms with Gasteiger partial charge in [-0.1, -0.05) is 59.7 Å². The number of ether oxygens (including phenoxy) is 1. The molecule has 4 aromatic rings. The summed E-state index contributed by atoms with van der Waals surface area (Å²) in [5, 5.41) is -1.70. The molecule has 1 nitrogen and oxygen atoms in total. The van der Waals surface area contributed by atoms with Crippen LogP contribution in [-0.4, -0.2) is 7.11 Å². The molecule has 53 heavy (non-hydrogen) atoms. The summed E-state index contributed by atoms with van der Waals surface area (Å²) in [6.07, 6.45) is -21.5. The molecule has 0 saturated heterocycles. The van der Waals surface area contributed by atoms with Crippen LogP contribution in [0.15, 0.2) is 60.7 Å². The first-order valence-electron chi connectivity index (χ1n) is 16.4. The van der Waals surface area contributed by atoms with E-state index in [0.717, 1.165) is 12.7 Å². The van der Waals surface area contributed by atoms with Gasteiger partial charge in [-0.3, -0.25) is 0 Å². The molecule has 14 heteroatoms. The Hall–Kier alpha value is -3.73. The molecule has 4 aromatic carbocycles. The van der Waals surface area contributed by atoms with E-state index >= 15 is 0 Å².